The summed E-state index contributed by atoms with van der Waals surface area (Å²) in [5.41, 5.74) is 1.81. The molecule has 3 heterocycles. The van der Waals surface area contributed by atoms with Crippen molar-refractivity contribution in [1.29, 1.82) is 0 Å². The summed E-state index contributed by atoms with van der Waals surface area (Å²) < 4.78 is 39.3. The average molecular weight is 453 g/mol. The van der Waals surface area contributed by atoms with Crippen molar-refractivity contribution in [1.82, 2.24) is 9.29 Å². The van der Waals surface area contributed by atoms with Crippen LogP contribution in [0.25, 0.3) is 33.7 Å². The summed E-state index contributed by atoms with van der Waals surface area (Å²) in [4.78, 5) is 4.86. The van der Waals surface area contributed by atoms with Crippen LogP contribution in [0.1, 0.15) is 10.8 Å². The largest absolute Gasteiger partial charge is 0.457 e. The quantitative estimate of drug-likeness (QED) is 0.437. The SMILES string of the molecule is O=S(=O)(c1ccc(-c2ccc(/C=C\c3nc4ccccc4s3)o2)cc1)N1CCOCC1. The van der Waals surface area contributed by atoms with E-state index in [0.29, 0.717) is 37.8 Å². The third-order valence-electron chi connectivity index (χ3n) is 5.07. The molecule has 0 aliphatic carbocycles. The normalized spacial score (nSPS) is 15.7. The van der Waals surface area contributed by atoms with Crippen molar-refractivity contribution in [2.75, 3.05) is 26.3 Å². The molecule has 0 atom stereocenters. The zero-order valence-corrected chi connectivity index (χ0v) is 18.2. The van der Waals surface area contributed by atoms with E-state index in [-0.39, 0.29) is 4.90 Å². The van der Waals surface area contributed by atoms with Gasteiger partial charge in [0.05, 0.1) is 28.3 Å². The van der Waals surface area contributed by atoms with Crippen LogP contribution in [0.2, 0.25) is 0 Å². The lowest BCUT2D eigenvalue weighted by atomic mass is 10.2. The van der Waals surface area contributed by atoms with Gasteiger partial charge in [-0.25, -0.2) is 13.4 Å². The molecular formula is C23H20N2O4S2. The van der Waals surface area contributed by atoms with Crippen LogP contribution in [0.5, 0.6) is 0 Å². The standard InChI is InChI=1S/C23H20N2O4S2/c26-31(27,25-13-15-28-16-14-25)19-9-5-17(6-10-19)21-11-7-18(29-21)8-12-23-24-20-3-1-2-4-22(20)30-23/h1-12H,13-16H2/b12-8-. The van der Waals surface area contributed by atoms with Gasteiger partial charge in [-0.05, 0) is 60.7 Å². The van der Waals surface area contributed by atoms with Crippen molar-refractivity contribution in [2.45, 2.75) is 4.90 Å². The predicted molar refractivity (Wildman–Crippen MR) is 122 cm³/mol. The van der Waals surface area contributed by atoms with Crippen LogP contribution >= 0.6 is 11.3 Å². The summed E-state index contributed by atoms with van der Waals surface area (Å²) in [5.74, 6) is 1.39. The first kappa shape index (κ1) is 20.1. The van der Waals surface area contributed by atoms with E-state index in [4.69, 9.17) is 9.15 Å². The minimum absolute atomic E-state index is 0.278. The molecule has 2 aromatic carbocycles. The smallest absolute Gasteiger partial charge is 0.243 e. The van der Waals surface area contributed by atoms with Gasteiger partial charge in [-0.1, -0.05) is 12.1 Å². The molecule has 158 valence electrons. The van der Waals surface area contributed by atoms with E-state index in [9.17, 15) is 8.42 Å². The third kappa shape index (κ3) is 4.20. The summed E-state index contributed by atoms with van der Waals surface area (Å²) in [6.07, 6.45) is 3.82. The molecule has 31 heavy (non-hydrogen) atoms. The van der Waals surface area contributed by atoms with Crippen LogP contribution < -0.4 is 0 Å². The molecule has 0 radical (unpaired) electrons. The zero-order chi connectivity index (χ0) is 21.3. The van der Waals surface area contributed by atoms with E-state index in [1.807, 2.05) is 42.5 Å². The molecule has 0 bridgehead atoms. The highest BCUT2D eigenvalue weighted by Gasteiger charge is 2.26. The number of rotatable bonds is 5. The Hall–Kier alpha value is -2.78. The number of benzene rings is 2. The summed E-state index contributed by atoms with van der Waals surface area (Å²) >= 11 is 1.63. The van der Waals surface area contributed by atoms with Gasteiger partial charge in [0.15, 0.2) is 0 Å². The lowest BCUT2D eigenvalue weighted by Gasteiger charge is -2.26. The van der Waals surface area contributed by atoms with Crippen LogP contribution in [0.3, 0.4) is 0 Å². The maximum absolute atomic E-state index is 12.8. The van der Waals surface area contributed by atoms with E-state index in [1.54, 1.807) is 35.6 Å². The number of hydrogen-bond acceptors (Lipinski definition) is 6. The maximum Gasteiger partial charge on any atom is 0.243 e. The van der Waals surface area contributed by atoms with Gasteiger partial charge in [-0.15, -0.1) is 11.3 Å². The fraction of sp³-hybridized carbons (Fsp3) is 0.174. The number of hydrogen-bond donors (Lipinski definition) is 0. The van der Waals surface area contributed by atoms with Gasteiger partial charge in [-0.3, -0.25) is 0 Å². The van der Waals surface area contributed by atoms with Gasteiger partial charge in [0, 0.05) is 18.7 Å². The first-order chi connectivity index (χ1) is 15.1. The Morgan fingerprint density at radius 3 is 2.48 bits per heavy atom. The van der Waals surface area contributed by atoms with Crippen LogP contribution in [-0.2, 0) is 14.8 Å². The Balaban J connectivity index is 1.32. The van der Waals surface area contributed by atoms with Crippen molar-refractivity contribution in [3.8, 4) is 11.3 Å². The number of thiazole rings is 1. The Labute approximate surface area is 184 Å². The van der Waals surface area contributed by atoms with Gasteiger partial charge < -0.3 is 9.15 Å². The molecule has 5 rings (SSSR count). The Morgan fingerprint density at radius 2 is 1.71 bits per heavy atom. The number of para-hydroxylation sites is 1. The molecule has 1 aliphatic rings. The summed E-state index contributed by atoms with van der Waals surface area (Å²) in [6.45, 7) is 1.62. The number of nitrogens with zero attached hydrogens (tertiary/aromatic N) is 2. The first-order valence-corrected chi connectivity index (χ1v) is 12.2. The average Bonchev–Trinajstić information content (AvgIpc) is 3.45. The lowest BCUT2D eigenvalue weighted by Crippen LogP contribution is -2.40. The number of fused-ring (bicyclic) bond motifs is 1. The van der Waals surface area contributed by atoms with Crippen molar-refractivity contribution < 1.29 is 17.6 Å². The minimum Gasteiger partial charge on any atom is -0.457 e. The van der Waals surface area contributed by atoms with E-state index < -0.39 is 10.0 Å². The molecule has 0 spiro atoms. The van der Waals surface area contributed by atoms with Gasteiger partial charge >= 0.3 is 0 Å². The van der Waals surface area contributed by atoms with Crippen LogP contribution in [0, 0.1) is 0 Å². The summed E-state index contributed by atoms with van der Waals surface area (Å²) in [5, 5.41) is 0.914. The molecule has 0 unspecified atom stereocenters. The Bertz CT molecular complexity index is 1300. The van der Waals surface area contributed by atoms with Gasteiger partial charge in [0.1, 0.15) is 16.5 Å². The Morgan fingerprint density at radius 1 is 0.935 bits per heavy atom. The van der Waals surface area contributed by atoms with Crippen molar-refractivity contribution >= 4 is 43.7 Å². The molecule has 0 amide bonds. The molecule has 4 aromatic rings. The maximum atomic E-state index is 12.8. The number of sulfonamides is 1. The second-order valence-corrected chi connectivity index (χ2v) is 10.1. The molecule has 0 saturated carbocycles. The van der Waals surface area contributed by atoms with Gasteiger partial charge in [0.25, 0.3) is 0 Å². The fourth-order valence-corrected chi connectivity index (χ4v) is 5.72. The summed E-state index contributed by atoms with van der Waals surface area (Å²) in [6, 6.07) is 18.6. The fourth-order valence-electron chi connectivity index (χ4n) is 3.44. The summed E-state index contributed by atoms with van der Waals surface area (Å²) in [7, 11) is -3.50. The predicted octanol–water partition coefficient (Wildman–Crippen LogP) is 4.75. The van der Waals surface area contributed by atoms with Crippen LogP contribution in [0.15, 0.2) is 70.0 Å². The highest BCUT2D eigenvalue weighted by Crippen LogP contribution is 2.27. The van der Waals surface area contributed by atoms with Gasteiger partial charge in [-0.2, -0.15) is 4.31 Å². The van der Waals surface area contributed by atoms with Crippen LogP contribution in [0.4, 0.5) is 0 Å². The topological polar surface area (TPSA) is 72.6 Å². The lowest BCUT2D eigenvalue weighted by molar-refractivity contribution is 0.0730. The van der Waals surface area contributed by atoms with E-state index in [2.05, 4.69) is 11.1 Å². The molecular weight excluding hydrogens is 432 g/mol. The molecule has 1 saturated heterocycles. The van der Waals surface area contributed by atoms with Crippen LogP contribution in [-0.4, -0.2) is 44.0 Å². The molecule has 6 nitrogen and oxygen atoms in total. The molecule has 2 aromatic heterocycles. The van der Waals surface area contributed by atoms with E-state index >= 15 is 0 Å². The molecule has 1 aliphatic heterocycles. The number of aromatic nitrogens is 1. The number of morpholine rings is 1. The van der Waals surface area contributed by atoms with Crippen molar-refractivity contribution in [2.24, 2.45) is 0 Å². The third-order valence-corrected chi connectivity index (χ3v) is 7.99. The zero-order valence-electron chi connectivity index (χ0n) is 16.6. The minimum atomic E-state index is -3.50. The van der Waals surface area contributed by atoms with E-state index in [1.165, 1.54) is 4.31 Å². The number of ether oxygens (including phenoxy) is 1. The number of furan rings is 1. The monoisotopic (exact) mass is 452 g/mol. The molecule has 0 N–H and O–H groups in total. The molecule has 1 fully saturated rings. The van der Waals surface area contributed by atoms with E-state index in [0.717, 1.165) is 20.8 Å². The highest BCUT2D eigenvalue weighted by molar-refractivity contribution is 7.89. The first-order valence-electron chi connectivity index (χ1n) is 9.91. The second kappa shape index (κ2) is 8.39. The molecule has 8 heteroatoms. The highest BCUT2D eigenvalue weighted by atomic mass is 32.2. The second-order valence-electron chi connectivity index (χ2n) is 7.10. The van der Waals surface area contributed by atoms with Gasteiger partial charge in [0.2, 0.25) is 10.0 Å². The van der Waals surface area contributed by atoms with Crippen molar-refractivity contribution in [3.63, 3.8) is 0 Å². The Kier molecular flexibility index (Phi) is 5.45. The van der Waals surface area contributed by atoms with Crippen molar-refractivity contribution in [3.05, 3.63) is 71.4 Å².